The van der Waals surface area contributed by atoms with Gasteiger partial charge in [0.25, 0.3) is 0 Å². The minimum atomic E-state index is 0.259. The average molecular weight is 189 g/mol. The maximum absolute atomic E-state index is 3.56. The lowest BCUT2D eigenvalue weighted by Crippen LogP contribution is -2.36. The third kappa shape index (κ3) is 1.69. The normalized spacial score (nSPS) is 25.2. The summed E-state index contributed by atoms with van der Waals surface area (Å²) in [5.74, 6) is 0.670. The number of rotatable bonds is 1. The van der Waals surface area contributed by atoms with Gasteiger partial charge < -0.3 is 5.32 Å². The number of aryl methyl sites for hydroxylation is 1. The molecule has 0 bridgehead atoms. The summed E-state index contributed by atoms with van der Waals surface area (Å²) >= 11 is 0. The number of hydrogen-bond acceptors (Lipinski definition) is 1. The van der Waals surface area contributed by atoms with Gasteiger partial charge in [-0.1, -0.05) is 29.8 Å². The zero-order valence-corrected chi connectivity index (χ0v) is 9.30. The fraction of sp³-hybridized carbons (Fsp3) is 0.538. The Bertz CT molecular complexity index is 311. The van der Waals surface area contributed by atoms with E-state index in [1.54, 1.807) is 0 Å². The fourth-order valence-corrected chi connectivity index (χ4v) is 2.40. The van der Waals surface area contributed by atoms with E-state index in [2.05, 4.69) is 50.4 Å². The molecule has 2 rings (SSSR count). The molecule has 1 heterocycles. The van der Waals surface area contributed by atoms with Crippen LogP contribution in [0.1, 0.15) is 37.3 Å². The summed E-state index contributed by atoms with van der Waals surface area (Å²) in [4.78, 5) is 0. The van der Waals surface area contributed by atoms with Crippen molar-refractivity contribution in [3.05, 3.63) is 35.4 Å². The number of nitrogens with one attached hydrogen (secondary N) is 1. The molecule has 1 heteroatoms. The topological polar surface area (TPSA) is 12.0 Å². The number of hydrogen-bond donors (Lipinski definition) is 1. The predicted octanol–water partition coefficient (Wildman–Crippen LogP) is 2.85. The van der Waals surface area contributed by atoms with Gasteiger partial charge in [0.1, 0.15) is 0 Å². The van der Waals surface area contributed by atoms with Crippen molar-refractivity contribution >= 4 is 0 Å². The molecule has 1 aliphatic rings. The van der Waals surface area contributed by atoms with Crippen molar-refractivity contribution in [3.8, 4) is 0 Å². The van der Waals surface area contributed by atoms with Crippen LogP contribution in [-0.2, 0) is 0 Å². The quantitative estimate of drug-likeness (QED) is 0.716. The average Bonchev–Trinajstić information content (AvgIpc) is 2.47. The molecule has 0 saturated carbocycles. The molecule has 0 aromatic heterocycles. The van der Waals surface area contributed by atoms with E-state index in [0.717, 1.165) is 6.54 Å². The first kappa shape index (κ1) is 9.72. The van der Waals surface area contributed by atoms with Crippen molar-refractivity contribution in [2.45, 2.75) is 38.6 Å². The van der Waals surface area contributed by atoms with E-state index in [-0.39, 0.29) is 5.54 Å². The first-order chi connectivity index (χ1) is 6.59. The minimum Gasteiger partial charge on any atom is -0.311 e. The lowest BCUT2D eigenvalue weighted by Gasteiger charge is -2.27. The van der Waals surface area contributed by atoms with E-state index >= 15 is 0 Å². The Hall–Kier alpha value is -0.820. The first-order valence-electron chi connectivity index (χ1n) is 5.41. The van der Waals surface area contributed by atoms with Gasteiger partial charge in [0.2, 0.25) is 0 Å². The van der Waals surface area contributed by atoms with Crippen molar-refractivity contribution in [3.63, 3.8) is 0 Å². The first-order valence-corrected chi connectivity index (χ1v) is 5.41. The molecule has 1 unspecified atom stereocenters. The molecule has 0 amide bonds. The van der Waals surface area contributed by atoms with Gasteiger partial charge in [0.15, 0.2) is 0 Å². The molecule has 1 atom stereocenters. The third-order valence-corrected chi connectivity index (χ3v) is 3.36. The van der Waals surface area contributed by atoms with Crippen LogP contribution in [0.15, 0.2) is 24.3 Å². The second kappa shape index (κ2) is 3.39. The fourth-order valence-electron chi connectivity index (χ4n) is 2.40. The smallest absolute Gasteiger partial charge is 0.0194 e. The van der Waals surface area contributed by atoms with Gasteiger partial charge in [-0.25, -0.2) is 0 Å². The summed E-state index contributed by atoms with van der Waals surface area (Å²) < 4.78 is 0. The van der Waals surface area contributed by atoms with Crippen molar-refractivity contribution in [1.29, 1.82) is 0 Å². The van der Waals surface area contributed by atoms with Crippen LogP contribution in [0.2, 0.25) is 0 Å². The number of benzene rings is 1. The van der Waals surface area contributed by atoms with Crippen LogP contribution in [0.25, 0.3) is 0 Å². The van der Waals surface area contributed by atoms with Gasteiger partial charge in [0.05, 0.1) is 0 Å². The molecule has 0 spiro atoms. The molecule has 0 aliphatic carbocycles. The molecule has 76 valence electrons. The summed E-state index contributed by atoms with van der Waals surface area (Å²) in [6.45, 7) is 7.88. The molecular weight excluding hydrogens is 170 g/mol. The lowest BCUT2D eigenvalue weighted by atomic mass is 9.83. The van der Waals surface area contributed by atoms with Crippen molar-refractivity contribution < 1.29 is 0 Å². The van der Waals surface area contributed by atoms with Crippen LogP contribution in [0, 0.1) is 6.92 Å². The molecule has 1 N–H and O–H groups in total. The Balaban J connectivity index is 2.27. The van der Waals surface area contributed by atoms with Crippen molar-refractivity contribution in [2.24, 2.45) is 0 Å². The van der Waals surface area contributed by atoms with E-state index < -0.39 is 0 Å². The molecule has 1 aromatic carbocycles. The standard InChI is InChI=1S/C13H19N/c1-10-4-6-11(7-5-10)12-8-9-14-13(12,2)3/h4-7,12,14H,8-9H2,1-3H3. The van der Waals surface area contributed by atoms with E-state index in [0.29, 0.717) is 5.92 Å². The largest absolute Gasteiger partial charge is 0.311 e. The van der Waals surface area contributed by atoms with Gasteiger partial charge in [-0.05, 0) is 39.3 Å². The summed E-state index contributed by atoms with van der Waals surface area (Å²) in [5, 5.41) is 3.56. The van der Waals surface area contributed by atoms with E-state index in [4.69, 9.17) is 0 Å². The second-order valence-electron chi connectivity index (χ2n) is 4.90. The lowest BCUT2D eigenvalue weighted by molar-refractivity contribution is 0.411. The molecule has 0 radical (unpaired) electrons. The predicted molar refractivity (Wildman–Crippen MR) is 60.6 cm³/mol. The second-order valence-corrected chi connectivity index (χ2v) is 4.90. The summed E-state index contributed by atoms with van der Waals surface area (Å²) in [6.07, 6.45) is 1.26. The molecule has 1 aliphatic heterocycles. The summed E-state index contributed by atoms with van der Waals surface area (Å²) in [7, 11) is 0. The van der Waals surface area contributed by atoms with Crippen LogP contribution >= 0.6 is 0 Å². The molecular formula is C13H19N. The van der Waals surface area contributed by atoms with Crippen LogP contribution in [0.3, 0.4) is 0 Å². The highest BCUT2D eigenvalue weighted by molar-refractivity contribution is 5.28. The summed E-state index contributed by atoms with van der Waals surface area (Å²) in [5.41, 5.74) is 3.08. The molecule has 1 fully saturated rings. The van der Waals surface area contributed by atoms with Crippen molar-refractivity contribution in [1.82, 2.24) is 5.32 Å². The Morgan fingerprint density at radius 2 is 1.86 bits per heavy atom. The molecule has 1 nitrogen and oxygen atoms in total. The highest BCUT2D eigenvalue weighted by Crippen LogP contribution is 2.35. The van der Waals surface area contributed by atoms with E-state index in [1.807, 2.05) is 0 Å². The van der Waals surface area contributed by atoms with E-state index in [9.17, 15) is 0 Å². The Labute approximate surface area is 86.5 Å². The molecule has 14 heavy (non-hydrogen) atoms. The molecule has 1 saturated heterocycles. The van der Waals surface area contributed by atoms with Gasteiger partial charge >= 0.3 is 0 Å². The van der Waals surface area contributed by atoms with Crippen LogP contribution < -0.4 is 5.32 Å². The maximum atomic E-state index is 3.56. The highest BCUT2D eigenvalue weighted by Gasteiger charge is 2.34. The minimum absolute atomic E-state index is 0.259. The third-order valence-electron chi connectivity index (χ3n) is 3.36. The van der Waals surface area contributed by atoms with E-state index in [1.165, 1.54) is 17.5 Å². The van der Waals surface area contributed by atoms with Gasteiger partial charge in [0, 0.05) is 11.5 Å². The van der Waals surface area contributed by atoms with Crippen molar-refractivity contribution in [2.75, 3.05) is 6.54 Å². The van der Waals surface area contributed by atoms with Gasteiger partial charge in [-0.2, -0.15) is 0 Å². The Morgan fingerprint density at radius 3 is 2.36 bits per heavy atom. The zero-order valence-electron chi connectivity index (χ0n) is 9.30. The van der Waals surface area contributed by atoms with Crippen LogP contribution in [0.5, 0.6) is 0 Å². The van der Waals surface area contributed by atoms with Crippen LogP contribution in [0.4, 0.5) is 0 Å². The van der Waals surface area contributed by atoms with Gasteiger partial charge in [-0.15, -0.1) is 0 Å². The Morgan fingerprint density at radius 1 is 1.21 bits per heavy atom. The Kier molecular flexibility index (Phi) is 2.36. The SMILES string of the molecule is Cc1ccc(C2CCNC2(C)C)cc1. The van der Waals surface area contributed by atoms with Gasteiger partial charge in [-0.3, -0.25) is 0 Å². The monoisotopic (exact) mass is 189 g/mol. The molecule has 1 aromatic rings. The van der Waals surface area contributed by atoms with Crippen LogP contribution in [-0.4, -0.2) is 12.1 Å². The highest BCUT2D eigenvalue weighted by atomic mass is 15.0. The zero-order chi connectivity index (χ0) is 10.2. The summed E-state index contributed by atoms with van der Waals surface area (Å²) in [6, 6.07) is 8.97. The maximum Gasteiger partial charge on any atom is 0.0194 e.